The number of carbonyl (C=O) groups is 1. The van der Waals surface area contributed by atoms with Crippen molar-refractivity contribution >= 4 is 5.91 Å². The molecule has 4 atom stereocenters. The molecule has 3 fully saturated rings. The van der Waals surface area contributed by atoms with Gasteiger partial charge in [0.2, 0.25) is 5.91 Å². The van der Waals surface area contributed by atoms with Gasteiger partial charge in [0.1, 0.15) is 0 Å². The van der Waals surface area contributed by atoms with Gasteiger partial charge in [-0.1, -0.05) is 0 Å². The molecule has 2 aliphatic heterocycles. The van der Waals surface area contributed by atoms with Crippen LogP contribution in [0.4, 0.5) is 0 Å². The van der Waals surface area contributed by atoms with E-state index in [1.807, 2.05) is 0 Å². The van der Waals surface area contributed by atoms with Gasteiger partial charge in [-0.25, -0.2) is 0 Å². The Morgan fingerprint density at radius 3 is 2.82 bits per heavy atom. The van der Waals surface area contributed by atoms with Crippen molar-refractivity contribution in [2.75, 3.05) is 13.2 Å². The second-order valence-corrected chi connectivity index (χ2v) is 5.43. The maximum absolute atomic E-state index is 12.0. The Morgan fingerprint density at radius 2 is 2.18 bits per heavy atom. The highest BCUT2D eigenvalue weighted by Crippen LogP contribution is 2.38. The molecule has 96 valence electrons. The number of ether oxygens (including phenoxy) is 1. The molecule has 4 unspecified atom stereocenters. The third-order valence-electron chi connectivity index (χ3n) is 3.97. The van der Waals surface area contributed by atoms with Crippen LogP contribution < -0.4 is 10.6 Å². The molecule has 2 saturated heterocycles. The first-order chi connectivity index (χ1) is 8.24. The molecule has 0 radical (unpaired) electrons. The fourth-order valence-corrected chi connectivity index (χ4v) is 2.86. The molecule has 0 aromatic heterocycles. The van der Waals surface area contributed by atoms with Crippen molar-refractivity contribution in [1.82, 2.24) is 10.6 Å². The summed E-state index contributed by atoms with van der Waals surface area (Å²) in [7, 11) is 0. The van der Waals surface area contributed by atoms with Gasteiger partial charge in [-0.05, 0) is 31.6 Å². The van der Waals surface area contributed by atoms with E-state index < -0.39 is 0 Å². The Bertz CT molecular complexity index is 306. The van der Waals surface area contributed by atoms with Gasteiger partial charge in [-0.15, -0.1) is 0 Å². The largest absolute Gasteiger partial charge is 0.392 e. The normalized spacial score (nSPS) is 41.7. The maximum Gasteiger partial charge on any atom is 0.237 e. The zero-order chi connectivity index (χ0) is 11.8. The fourth-order valence-electron chi connectivity index (χ4n) is 2.86. The lowest BCUT2D eigenvalue weighted by molar-refractivity contribution is -0.124. The number of carbonyl (C=O) groups excluding carboxylic acids is 1. The van der Waals surface area contributed by atoms with E-state index >= 15 is 0 Å². The van der Waals surface area contributed by atoms with Gasteiger partial charge in [0.25, 0.3) is 0 Å². The number of hydrogen-bond acceptors (Lipinski definition) is 4. The highest BCUT2D eigenvalue weighted by molar-refractivity contribution is 5.82. The van der Waals surface area contributed by atoms with Crippen LogP contribution in [0.1, 0.15) is 25.7 Å². The van der Waals surface area contributed by atoms with Crippen LogP contribution in [-0.2, 0) is 9.53 Å². The lowest BCUT2D eigenvalue weighted by Crippen LogP contribution is -2.48. The summed E-state index contributed by atoms with van der Waals surface area (Å²) in [6, 6.07) is -0.0556. The number of aliphatic hydroxyl groups excluding tert-OH is 1. The molecule has 0 aromatic carbocycles. The molecule has 3 aliphatic rings. The average molecular weight is 240 g/mol. The molecule has 5 heteroatoms. The van der Waals surface area contributed by atoms with Gasteiger partial charge in [-0.2, -0.15) is 0 Å². The minimum Gasteiger partial charge on any atom is -0.392 e. The molecule has 17 heavy (non-hydrogen) atoms. The average Bonchev–Trinajstić information content (AvgIpc) is 2.89. The summed E-state index contributed by atoms with van der Waals surface area (Å²) >= 11 is 0. The van der Waals surface area contributed by atoms with Gasteiger partial charge in [0.15, 0.2) is 0 Å². The SMILES string of the molecule is O=C(NC1CCOC1C1CC1)C1CC(O)CN1. The predicted octanol–water partition coefficient (Wildman–Crippen LogP) is -0.607. The van der Waals surface area contributed by atoms with E-state index in [0.717, 1.165) is 13.0 Å². The highest BCUT2D eigenvalue weighted by Gasteiger charge is 2.42. The molecule has 1 saturated carbocycles. The van der Waals surface area contributed by atoms with Crippen LogP contribution in [0.3, 0.4) is 0 Å². The van der Waals surface area contributed by atoms with E-state index in [1.54, 1.807) is 0 Å². The summed E-state index contributed by atoms with van der Waals surface area (Å²) in [6.45, 7) is 1.28. The highest BCUT2D eigenvalue weighted by atomic mass is 16.5. The lowest BCUT2D eigenvalue weighted by atomic mass is 10.1. The number of β-amino-alcohol motifs (C(OH)–C–C–N with tert-alkyl or cyclic N) is 1. The zero-order valence-corrected chi connectivity index (χ0v) is 9.89. The van der Waals surface area contributed by atoms with Gasteiger partial charge in [0, 0.05) is 13.2 Å². The van der Waals surface area contributed by atoms with Crippen LogP contribution in [0.5, 0.6) is 0 Å². The van der Waals surface area contributed by atoms with Gasteiger partial charge in [-0.3, -0.25) is 4.79 Å². The number of rotatable bonds is 3. The quantitative estimate of drug-likeness (QED) is 0.615. The number of hydrogen-bond donors (Lipinski definition) is 3. The van der Waals surface area contributed by atoms with E-state index in [0.29, 0.717) is 18.9 Å². The first-order valence-electron chi connectivity index (χ1n) is 6.57. The summed E-state index contributed by atoms with van der Waals surface area (Å²) in [5.74, 6) is 0.674. The minimum atomic E-state index is -0.384. The first kappa shape index (κ1) is 11.4. The summed E-state index contributed by atoms with van der Waals surface area (Å²) in [4.78, 5) is 12.0. The molecular weight excluding hydrogens is 220 g/mol. The number of nitrogens with one attached hydrogen (secondary N) is 2. The van der Waals surface area contributed by atoms with Crippen LogP contribution in [0, 0.1) is 5.92 Å². The summed E-state index contributed by atoms with van der Waals surface area (Å²) in [6.07, 6.45) is 3.75. The van der Waals surface area contributed by atoms with Crippen LogP contribution in [-0.4, -0.2) is 48.5 Å². The van der Waals surface area contributed by atoms with Crippen LogP contribution >= 0.6 is 0 Å². The van der Waals surface area contributed by atoms with Crippen molar-refractivity contribution < 1.29 is 14.6 Å². The molecule has 3 rings (SSSR count). The van der Waals surface area contributed by atoms with E-state index in [1.165, 1.54) is 12.8 Å². The number of amides is 1. The molecule has 2 heterocycles. The van der Waals surface area contributed by atoms with Crippen molar-refractivity contribution in [3.63, 3.8) is 0 Å². The van der Waals surface area contributed by atoms with Crippen molar-refractivity contribution in [2.45, 2.75) is 50.0 Å². The number of aliphatic hydroxyl groups is 1. The Morgan fingerprint density at radius 1 is 1.35 bits per heavy atom. The molecule has 0 spiro atoms. The molecule has 0 aromatic rings. The summed E-state index contributed by atoms with van der Waals surface area (Å²) in [5.41, 5.74) is 0. The minimum absolute atomic E-state index is 0.0164. The smallest absolute Gasteiger partial charge is 0.237 e. The van der Waals surface area contributed by atoms with Gasteiger partial charge < -0.3 is 20.5 Å². The fraction of sp³-hybridized carbons (Fsp3) is 0.917. The Balaban J connectivity index is 1.53. The van der Waals surface area contributed by atoms with Crippen molar-refractivity contribution in [1.29, 1.82) is 0 Å². The van der Waals surface area contributed by atoms with E-state index in [9.17, 15) is 9.90 Å². The molecular formula is C12H20N2O3. The van der Waals surface area contributed by atoms with Crippen molar-refractivity contribution in [3.05, 3.63) is 0 Å². The predicted molar refractivity (Wildman–Crippen MR) is 61.4 cm³/mol. The van der Waals surface area contributed by atoms with E-state index in [4.69, 9.17) is 4.74 Å². The second kappa shape index (κ2) is 4.55. The van der Waals surface area contributed by atoms with Crippen molar-refractivity contribution in [3.8, 4) is 0 Å². The lowest BCUT2D eigenvalue weighted by Gasteiger charge is -2.21. The third-order valence-corrected chi connectivity index (χ3v) is 3.97. The Hall–Kier alpha value is -0.650. The van der Waals surface area contributed by atoms with Crippen molar-refractivity contribution in [2.24, 2.45) is 5.92 Å². The molecule has 3 N–H and O–H groups in total. The Labute approximate surface area is 101 Å². The van der Waals surface area contributed by atoms with Crippen LogP contribution in [0.15, 0.2) is 0 Å². The van der Waals surface area contributed by atoms with Crippen LogP contribution in [0.25, 0.3) is 0 Å². The molecule has 0 bridgehead atoms. The maximum atomic E-state index is 12.0. The van der Waals surface area contributed by atoms with Gasteiger partial charge in [0.05, 0.1) is 24.3 Å². The summed E-state index contributed by atoms with van der Waals surface area (Å²) in [5, 5.41) is 15.5. The molecule has 1 amide bonds. The first-order valence-corrected chi connectivity index (χ1v) is 6.57. The standard InChI is InChI=1S/C12H20N2O3/c15-8-5-10(13-6-8)12(16)14-9-3-4-17-11(9)7-1-2-7/h7-11,13,15H,1-6H2,(H,14,16). The van der Waals surface area contributed by atoms with Crippen LogP contribution in [0.2, 0.25) is 0 Å². The van der Waals surface area contributed by atoms with E-state index in [-0.39, 0.29) is 30.2 Å². The Kier molecular flexibility index (Phi) is 3.06. The van der Waals surface area contributed by atoms with Gasteiger partial charge >= 0.3 is 0 Å². The van der Waals surface area contributed by atoms with E-state index in [2.05, 4.69) is 10.6 Å². The monoisotopic (exact) mass is 240 g/mol. The molecule has 5 nitrogen and oxygen atoms in total. The zero-order valence-electron chi connectivity index (χ0n) is 9.89. The summed E-state index contributed by atoms with van der Waals surface area (Å²) < 4.78 is 5.69. The molecule has 1 aliphatic carbocycles. The third kappa shape index (κ3) is 2.46. The topological polar surface area (TPSA) is 70.6 Å². The second-order valence-electron chi connectivity index (χ2n) is 5.43.